The van der Waals surface area contributed by atoms with Crippen LogP contribution in [0.3, 0.4) is 0 Å². The molecule has 0 N–H and O–H groups in total. The van der Waals surface area contributed by atoms with Crippen molar-refractivity contribution < 1.29 is 38.1 Å². The molecule has 0 heterocycles. The van der Waals surface area contributed by atoms with Crippen molar-refractivity contribution in [2.24, 2.45) is 0 Å². The largest absolute Gasteiger partial charge is 0.465 e. The number of hydrogen-bond donors (Lipinski definition) is 0. The normalized spacial score (nSPS) is 10.8. The molecule has 0 fully saturated rings. The molecule has 0 bridgehead atoms. The van der Waals surface area contributed by atoms with Crippen molar-refractivity contribution in [1.82, 2.24) is 0 Å². The Morgan fingerprint density at radius 1 is 0.404 bits per heavy atom. The van der Waals surface area contributed by atoms with Crippen LogP contribution in [0.1, 0.15) is 11.1 Å². The fourth-order valence-corrected chi connectivity index (χ4v) is 5.82. The fourth-order valence-electron chi connectivity index (χ4n) is 5.82. The molecular formula is C44H36O8. The van der Waals surface area contributed by atoms with Crippen LogP contribution in [0.5, 0.6) is 0 Å². The lowest BCUT2D eigenvalue weighted by atomic mass is 9.96. The molecule has 0 radical (unpaired) electrons. The minimum Gasteiger partial charge on any atom is -0.465 e. The number of rotatable bonds is 8. The highest BCUT2D eigenvalue weighted by atomic mass is 16.5. The second-order valence-corrected chi connectivity index (χ2v) is 11.3. The van der Waals surface area contributed by atoms with E-state index in [9.17, 15) is 19.2 Å². The van der Waals surface area contributed by atoms with Gasteiger partial charge in [-0.3, -0.25) is 0 Å². The summed E-state index contributed by atoms with van der Waals surface area (Å²) in [5.41, 5.74) is 1.72. The van der Waals surface area contributed by atoms with Gasteiger partial charge in [-0.05, 0) is 78.5 Å². The number of fused-ring (bicyclic) bond motifs is 4. The molecule has 6 aromatic rings. The first-order chi connectivity index (χ1) is 25.3. The van der Waals surface area contributed by atoms with Crippen molar-refractivity contribution >= 4 is 79.1 Å². The maximum Gasteiger partial charge on any atom is 0.345 e. The number of methoxy groups -OCH3 is 4. The van der Waals surface area contributed by atoms with E-state index in [0.29, 0.717) is 0 Å². The molecule has 0 unspecified atom stereocenters. The molecule has 0 amide bonds. The molecule has 52 heavy (non-hydrogen) atoms. The van der Waals surface area contributed by atoms with Gasteiger partial charge < -0.3 is 18.9 Å². The first-order valence-corrected chi connectivity index (χ1v) is 16.2. The Kier molecular flexibility index (Phi) is 12.1. The summed E-state index contributed by atoms with van der Waals surface area (Å²) in [4.78, 5) is 47.0. The Hall–Kier alpha value is -6.80. The number of carbonyl (C=O) groups excluding carboxylic acids is 4. The molecule has 0 aliphatic heterocycles. The van der Waals surface area contributed by atoms with E-state index < -0.39 is 23.9 Å². The Labute approximate surface area is 300 Å². The molecule has 8 heteroatoms. The molecule has 0 aliphatic rings. The maximum atomic E-state index is 11.8. The molecule has 6 aromatic carbocycles. The van der Waals surface area contributed by atoms with Gasteiger partial charge in [0.25, 0.3) is 0 Å². The smallest absolute Gasteiger partial charge is 0.345 e. The molecule has 0 aliphatic carbocycles. The van der Waals surface area contributed by atoms with Gasteiger partial charge in [-0.2, -0.15) is 0 Å². The third-order valence-electron chi connectivity index (χ3n) is 8.30. The summed E-state index contributed by atoms with van der Waals surface area (Å²) in [7, 11) is 4.89. The molecule has 0 saturated carbocycles. The maximum absolute atomic E-state index is 11.8. The van der Waals surface area contributed by atoms with E-state index in [2.05, 4.69) is 55.3 Å². The SMILES string of the molecule is COC(=O)C(=C/C=C/c1c2ccccc2cc2ccccc12)C(=O)OC.COC(=O)C(=C/C=C\c1c2ccccc2cc2ccccc12)C(=O)OC. The summed E-state index contributed by atoms with van der Waals surface area (Å²) in [6.07, 6.45) is 9.92. The van der Waals surface area contributed by atoms with E-state index in [1.807, 2.05) is 84.9 Å². The zero-order chi connectivity index (χ0) is 37.0. The topological polar surface area (TPSA) is 105 Å². The van der Waals surface area contributed by atoms with E-state index in [1.165, 1.54) is 40.6 Å². The van der Waals surface area contributed by atoms with Gasteiger partial charge in [-0.15, -0.1) is 0 Å². The van der Waals surface area contributed by atoms with Gasteiger partial charge in [0.2, 0.25) is 0 Å². The van der Waals surface area contributed by atoms with Crippen LogP contribution >= 0.6 is 0 Å². The monoisotopic (exact) mass is 692 g/mol. The first kappa shape index (κ1) is 36.5. The lowest BCUT2D eigenvalue weighted by Gasteiger charge is -2.08. The first-order valence-electron chi connectivity index (χ1n) is 16.2. The highest BCUT2D eigenvalue weighted by Gasteiger charge is 2.19. The number of allylic oxidation sites excluding steroid dienone is 4. The third kappa shape index (κ3) is 8.14. The second-order valence-electron chi connectivity index (χ2n) is 11.3. The quantitative estimate of drug-likeness (QED) is 0.0297. The Bertz CT molecular complexity index is 2120. The van der Waals surface area contributed by atoms with Crippen molar-refractivity contribution in [2.45, 2.75) is 0 Å². The van der Waals surface area contributed by atoms with Crippen LogP contribution in [-0.4, -0.2) is 52.3 Å². The lowest BCUT2D eigenvalue weighted by molar-refractivity contribution is -0.145. The van der Waals surface area contributed by atoms with Crippen LogP contribution in [0.15, 0.2) is 145 Å². The third-order valence-corrected chi connectivity index (χ3v) is 8.30. The van der Waals surface area contributed by atoms with E-state index in [4.69, 9.17) is 0 Å². The van der Waals surface area contributed by atoms with Crippen molar-refractivity contribution in [3.05, 3.63) is 156 Å². The summed E-state index contributed by atoms with van der Waals surface area (Å²) in [6.45, 7) is 0. The summed E-state index contributed by atoms with van der Waals surface area (Å²) in [5.74, 6) is -2.93. The summed E-state index contributed by atoms with van der Waals surface area (Å²) >= 11 is 0. The zero-order valence-corrected chi connectivity index (χ0v) is 29.1. The van der Waals surface area contributed by atoms with Gasteiger partial charge in [0.1, 0.15) is 11.1 Å². The standard InChI is InChI=1S/2C22H18O4/c2*1-25-21(23)20(22(24)26-2)13-7-12-19-17-10-5-3-8-15(17)14-16-9-4-6-11-18(16)19/h2*3-14H,1-2H3/b12-7+;12-7-. The molecular weight excluding hydrogens is 656 g/mol. The van der Waals surface area contributed by atoms with Gasteiger partial charge in [0.05, 0.1) is 28.4 Å². The van der Waals surface area contributed by atoms with Crippen LogP contribution in [-0.2, 0) is 38.1 Å². The van der Waals surface area contributed by atoms with Crippen molar-refractivity contribution in [3.63, 3.8) is 0 Å². The van der Waals surface area contributed by atoms with Crippen LogP contribution in [0, 0.1) is 0 Å². The Morgan fingerprint density at radius 3 is 0.904 bits per heavy atom. The van der Waals surface area contributed by atoms with Crippen molar-refractivity contribution in [2.75, 3.05) is 28.4 Å². The molecule has 0 atom stereocenters. The molecule has 8 nitrogen and oxygen atoms in total. The van der Waals surface area contributed by atoms with Crippen molar-refractivity contribution in [3.8, 4) is 0 Å². The highest BCUT2D eigenvalue weighted by Crippen LogP contribution is 2.31. The molecule has 260 valence electrons. The number of esters is 4. The number of ether oxygens (including phenoxy) is 4. The van der Waals surface area contributed by atoms with Crippen molar-refractivity contribution in [1.29, 1.82) is 0 Å². The zero-order valence-electron chi connectivity index (χ0n) is 29.1. The lowest BCUT2D eigenvalue weighted by Crippen LogP contribution is -2.15. The van der Waals surface area contributed by atoms with Gasteiger partial charge in [0, 0.05) is 0 Å². The average molecular weight is 693 g/mol. The second kappa shape index (κ2) is 17.2. The number of hydrogen-bond acceptors (Lipinski definition) is 8. The molecule has 0 saturated heterocycles. The molecule has 6 rings (SSSR count). The van der Waals surface area contributed by atoms with Gasteiger partial charge in [-0.1, -0.05) is 121 Å². The van der Waals surface area contributed by atoms with E-state index in [-0.39, 0.29) is 11.1 Å². The van der Waals surface area contributed by atoms with Gasteiger partial charge in [0.15, 0.2) is 0 Å². The van der Waals surface area contributed by atoms with Crippen LogP contribution < -0.4 is 0 Å². The number of carbonyl (C=O) groups is 4. The predicted octanol–water partition coefficient (Wildman–Crippen LogP) is 8.56. The molecule has 0 spiro atoms. The Morgan fingerprint density at radius 2 is 0.654 bits per heavy atom. The Balaban J connectivity index is 0.000000201. The summed E-state index contributed by atoms with van der Waals surface area (Å²) in [6, 6.07) is 36.6. The minimum absolute atomic E-state index is 0.157. The van der Waals surface area contributed by atoms with Gasteiger partial charge in [-0.25, -0.2) is 19.2 Å². The van der Waals surface area contributed by atoms with E-state index >= 15 is 0 Å². The number of benzene rings is 6. The summed E-state index contributed by atoms with van der Waals surface area (Å²) in [5, 5.41) is 8.85. The minimum atomic E-state index is -0.732. The van der Waals surface area contributed by atoms with Crippen LogP contribution in [0.2, 0.25) is 0 Å². The average Bonchev–Trinajstić information content (AvgIpc) is 3.19. The van der Waals surface area contributed by atoms with E-state index in [0.717, 1.165) is 54.2 Å². The van der Waals surface area contributed by atoms with Gasteiger partial charge >= 0.3 is 23.9 Å². The predicted molar refractivity (Wildman–Crippen MR) is 205 cm³/mol. The van der Waals surface area contributed by atoms with Crippen LogP contribution in [0.25, 0.3) is 55.2 Å². The highest BCUT2D eigenvalue weighted by molar-refractivity contribution is 6.15. The van der Waals surface area contributed by atoms with Crippen LogP contribution in [0.4, 0.5) is 0 Å². The summed E-state index contributed by atoms with van der Waals surface area (Å²) < 4.78 is 18.5. The van der Waals surface area contributed by atoms with E-state index in [1.54, 1.807) is 12.2 Å². The molecule has 0 aromatic heterocycles. The fraction of sp³-hybridized carbons (Fsp3) is 0.0909.